The lowest BCUT2D eigenvalue weighted by atomic mass is 10.2. The van der Waals surface area contributed by atoms with Gasteiger partial charge in [0.25, 0.3) is 0 Å². The molecule has 1 fully saturated rings. The minimum Gasteiger partial charge on any atom is -0.377 e. The molecule has 19 heavy (non-hydrogen) atoms. The van der Waals surface area contributed by atoms with Crippen molar-refractivity contribution in [2.24, 2.45) is 0 Å². The number of aryl methyl sites for hydroxylation is 1. The van der Waals surface area contributed by atoms with Crippen molar-refractivity contribution in [1.82, 2.24) is 20.2 Å². The van der Waals surface area contributed by atoms with Crippen molar-refractivity contribution in [3.05, 3.63) is 29.8 Å². The number of aromatic nitrogens is 4. The van der Waals surface area contributed by atoms with Crippen LogP contribution >= 0.6 is 11.8 Å². The molecule has 100 valence electrons. The molecule has 1 saturated heterocycles. The molecule has 1 aromatic heterocycles. The Morgan fingerprint density at radius 3 is 2.95 bits per heavy atom. The summed E-state index contributed by atoms with van der Waals surface area (Å²) in [5.41, 5.74) is 2.22. The average molecular weight is 276 g/mol. The standard InChI is InChI=1S/C13H16N4OS/c1-10-4-6-11(7-5-10)17-13(14-15-16-17)19-9-12-3-2-8-18-12/h4-7,12H,2-3,8-9H2,1H3. The third kappa shape index (κ3) is 2.96. The van der Waals surface area contributed by atoms with Crippen molar-refractivity contribution in [3.63, 3.8) is 0 Å². The molecule has 3 rings (SSSR count). The largest absolute Gasteiger partial charge is 0.377 e. The molecule has 6 heteroatoms. The van der Waals surface area contributed by atoms with Crippen molar-refractivity contribution >= 4 is 11.8 Å². The maximum Gasteiger partial charge on any atom is 0.214 e. The molecule has 0 bridgehead atoms. The van der Waals surface area contributed by atoms with E-state index >= 15 is 0 Å². The van der Waals surface area contributed by atoms with Gasteiger partial charge in [0.1, 0.15) is 0 Å². The molecule has 1 aliphatic rings. The van der Waals surface area contributed by atoms with Gasteiger partial charge in [-0.05, 0) is 42.3 Å². The monoisotopic (exact) mass is 276 g/mol. The third-order valence-corrected chi connectivity index (χ3v) is 4.19. The zero-order valence-corrected chi connectivity index (χ0v) is 11.6. The van der Waals surface area contributed by atoms with Gasteiger partial charge in [-0.15, -0.1) is 5.10 Å². The molecule has 0 amide bonds. The Bertz CT molecular complexity index is 534. The summed E-state index contributed by atoms with van der Waals surface area (Å²) >= 11 is 1.65. The van der Waals surface area contributed by atoms with E-state index in [-0.39, 0.29) is 0 Å². The topological polar surface area (TPSA) is 52.8 Å². The first-order chi connectivity index (χ1) is 9.33. The fourth-order valence-electron chi connectivity index (χ4n) is 2.06. The quantitative estimate of drug-likeness (QED) is 0.802. The van der Waals surface area contributed by atoms with Crippen LogP contribution in [-0.2, 0) is 4.74 Å². The maximum atomic E-state index is 5.61. The number of rotatable bonds is 4. The first-order valence-corrected chi connectivity index (χ1v) is 7.41. The maximum absolute atomic E-state index is 5.61. The van der Waals surface area contributed by atoms with Gasteiger partial charge in [0.2, 0.25) is 5.16 Å². The van der Waals surface area contributed by atoms with Gasteiger partial charge in [-0.3, -0.25) is 0 Å². The van der Waals surface area contributed by atoms with Crippen LogP contribution in [0.5, 0.6) is 0 Å². The number of hydrogen-bond acceptors (Lipinski definition) is 5. The van der Waals surface area contributed by atoms with E-state index in [1.807, 2.05) is 12.1 Å². The summed E-state index contributed by atoms with van der Waals surface area (Å²) in [5, 5.41) is 12.7. The number of thioether (sulfide) groups is 1. The van der Waals surface area contributed by atoms with Crippen LogP contribution < -0.4 is 0 Å². The van der Waals surface area contributed by atoms with Gasteiger partial charge >= 0.3 is 0 Å². The Kier molecular flexibility index (Phi) is 3.79. The van der Waals surface area contributed by atoms with Crippen LogP contribution in [0.25, 0.3) is 5.69 Å². The van der Waals surface area contributed by atoms with Crippen LogP contribution in [0.4, 0.5) is 0 Å². The number of nitrogens with zero attached hydrogens (tertiary/aromatic N) is 4. The molecular formula is C13H16N4OS. The highest BCUT2D eigenvalue weighted by atomic mass is 32.2. The zero-order chi connectivity index (χ0) is 13.1. The van der Waals surface area contributed by atoms with Gasteiger partial charge in [0.05, 0.1) is 11.8 Å². The van der Waals surface area contributed by atoms with Crippen molar-refractivity contribution in [2.45, 2.75) is 31.0 Å². The number of ether oxygens (including phenoxy) is 1. The van der Waals surface area contributed by atoms with E-state index in [4.69, 9.17) is 4.74 Å². The van der Waals surface area contributed by atoms with Crippen LogP contribution in [0.1, 0.15) is 18.4 Å². The Hall–Kier alpha value is -1.40. The van der Waals surface area contributed by atoms with E-state index in [0.717, 1.165) is 36.0 Å². The summed E-state index contributed by atoms with van der Waals surface area (Å²) in [7, 11) is 0. The third-order valence-electron chi connectivity index (χ3n) is 3.14. The second-order valence-corrected chi connectivity index (χ2v) is 5.64. The predicted molar refractivity (Wildman–Crippen MR) is 73.6 cm³/mol. The second-order valence-electron chi connectivity index (χ2n) is 4.65. The molecule has 1 unspecified atom stereocenters. The fourth-order valence-corrected chi connectivity index (χ4v) is 3.02. The van der Waals surface area contributed by atoms with E-state index in [2.05, 4.69) is 34.6 Å². The molecule has 0 aliphatic carbocycles. The lowest BCUT2D eigenvalue weighted by molar-refractivity contribution is 0.129. The molecule has 1 aliphatic heterocycles. The highest BCUT2D eigenvalue weighted by molar-refractivity contribution is 7.99. The molecule has 1 aromatic carbocycles. The SMILES string of the molecule is Cc1ccc(-n2nnnc2SCC2CCCO2)cc1. The van der Waals surface area contributed by atoms with Gasteiger partial charge in [0, 0.05) is 12.4 Å². The highest BCUT2D eigenvalue weighted by Gasteiger charge is 2.18. The van der Waals surface area contributed by atoms with E-state index in [1.165, 1.54) is 5.56 Å². The van der Waals surface area contributed by atoms with E-state index in [0.29, 0.717) is 6.10 Å². The van der Waals surface area contributed by atoms with Gasteiger partial charge in [0.15, 0.2) is 0 Å². The van der Waals surface area contributed by atoms with Gasteiger partial charge in [-0.1, -0.05) is 29.5 Å². The van der Waals surface area contributed by atoms with E-state index in [1.54, 1.807) is 16.4 Å². The first kappa shape index (κ1) is 12.6. The first-order valence-electron chi connectivity index (χ1n) is 6.43. The van der Waals surface area contributed by atoms with Gasteiger partial charge in [-0.25, -0.2) is 0 Å². The van der Waals surface area contributed by atoms with Crippen molar-refractivity contribution < 1.29 is 4.74 Å². The number of tetrazole rings is 1. The van der Waals surface area contributed by atoms with Gasteiger partial charge < -0.3 is 4.74 Å². The molecule has 1 atom stereocenters. The van der Waals surface area contributed by atoms with E-state index < -0.39 is 0 Å². The molecule has 0 radical (unpaired) electrons. The summed E-state index contributed by atoms with van der Waals surface area (Å²) in [4.78, 5) is 0. The molecule has 2 heterocycles. The predicted octanol–water partition coefficient (Wildman–Crippen LogP) is 2.24. The summed E-state index contributed by atoms with van der Waals surface area (Å²) < 4.78 is 7.39. The smallest absolute Gasteiger partial charge is 0.214 e. The fraction of sp³-hybridized carbons (Fsp3) is 0.462. The zero-order valence-electron chi connectivity index (χ0n) is 10.8. The molecule has 0 saturated carbocycles. The molecule has 0 spiro atoms. The van der Waals surface area contributed by atoms with Crippen molar-refractivity contribution in [2.75, 3.05) is 12.4 Å². The molecular weight excluding hydrogens is 260 g/mol. The lowest BCUT2D eigenvalue weighted by Crippen LogP contribution is -2.09. The Labute approximate surface area is 116 Å². The Morgan fingerprint density at radius 2 is 2.21 bits per heavy atom. The number of hydrogen-bond donors (Lipinski definition) is 0. The minimum absolute atomic E-state index is 0.341. The van der Waals surface area contributed by atoms with Crippen LogP contribution in [0, 0.1) is 6.92 Å². The average Bonchev–Trinajstić information content (AvgIpc) is 3.08. The molecule has 5 nitrogen and oxygen atoms in total. The van der Waals surface area contributed by atoms with Gasteiger partial charge in [-0.2, -0.15) is 4.68 Å². The summed E-state index contributed by atoms with van der Waals surface area (Å²) in [6.45, 7) is 2.95. The second kappa shape index (κ2) is 5.71. The van der Waals surface area contributed by atoms with Crippen LogP contribution in [0.3, 0.4) is 0 Å². The Morgan fingerprint density at radius 1 is 1.37 bits per heavy atom. The van der Waals surface area contributed by atoms with E-state index in [9.17, 15) is 0 Å². The molecule has 0 N–H and O–H groups in total. The summed E-state index contributed by atoms with van der Waals surface area (Å²) in [6.07, 6.45) is 2.64. The molecule has 2 aromatic rings. The van der Waals surface area contributed by atoms with Crippen molar-refractivity contribution in [3.8, 4) is 5.69 Å². The van der Waals surface area contributed by atoms with Crippen LogP contribution in [0.15, 0.2) is 29.4 Å². The Balaban J connectivity index is 1.72. The minimum atomic E-state index is 0.341. The van der Waals surface area contributed by atoms with Crippen molar-refractivity contribution in [1.29, 1.82) is 0 Å². The highest BCUT2D eigenvalue weighted by Crippen LogP contribution is 2.23. The summed E-state index contributed by atoms with van der Waals surface area (Å²) in [5.74, 6) is 0.909. The normalized spacial score (nSPS) is 18.9. The van der Waals surface area contributed by atoms with Crippen LogP contribution in [0.2, 0.25) is 0 Å². The van der Waals surface area contributed by atoms with Crippen LogP contribution in [-0.4, -0.2) is 38.7 Å². The lowest BCUT2D eigenvalue weighted by Gasteiger charge is -2.08. The number of benzene rings is 1. The summed E-state index contributed by atoms with van der Waals surface area (Å²) in [6, 6.07) is 8.18.